The summed E-state index contributed by atoms with van der Waals surface area (Å²) >= 11 is 12.7. The van der Waals surface area contributed by atoms with Gasteiger partial charge in [-0.15, -0.1) is 0 Å². The first-order chi connectivity index (χ1) is 24.8. The standard InChI is InChI=1S/C23H25ClN2O2.C19H15ClN2O/c1-4-27-23(28-5-2)21-14-13-19(15-25-21)26-18-11-9-17(10-12-18)22-16(3)7-6-8-20(22)24;1-13-3-2-4-18(20)19(13)14-5-7-15(8-6-14)22-16-9-10-17(12-23)21-11-16/h6-15,23,26H,4-5H2,1-3H3;2-12,22H,1H3. The number of pyridine rings is 2. The van der Waals surface area contributed by atoms with Crippen LogP contribution in [0.1, 0.15) is 47.4 Å². The molecule has 2 aromatic heterocycles. The van der Waals surface area contributed by atoms with Crippen LogP contribution in [0.4, 0.5) is 22.7 Å². The summed E-state index contributed by atoms with van der Waals surface area (Å²) in [6, 6.07) is 35.5. The van der Waals surface area contributed by atoms with E-state index >= 15 is 0 Å². The van der Waals surface area contributed by atoms with Crippen molar-refractivity contribution < 1.29 is 14.3 Å². The first-order valence-electron chi connectivity index (χ1n) is 16.6. The molecule has 51 heavy (non-hydrogen) atoms. The molecular formula is C42H40Cl2N4O3. The highest BCUT2D eigenvalue weighted by Gasteiger charge is 2.13. The van der Waals surface area contributed by atoms with Crippen molar-refractivity contribution in [2.24, 2.45) is 0 Å². The number of aromatic nitrogens is 2. The molecule has 0 saturated heterocycles. The predicted molar refractivity (Wildman–Crippen MR) is 210 cm³/mol. The lowest BCUT2D eigenvalue weighted by atomic mass is 10.0. The second-order valence-electron chi connectivity index (χ2n) is 11.6. The van der Waals surface area contributed by atoms with E-state index in [0.29, 0.717) is 18.9 Å². The van der Waals surface area contributed by atoms with Crippen molar-refractivity contribution in [1.29, 1.82) is 0 Å². The highest BCUT2D eigenvalue weighted by molar-refractivity contribution is 6.34. The van der Waals surface area contributed by atoms with Gasteiger partial charge in [-0.1, -0.05) is 71.7 Å². The number of carbonyl (C=O) groups excluding carboxylic acids is 1. The molecule has 0 bridgehead atoms. The maximum atomic E-state index is 10.6. The number of rotatable bonds is 12. The molecule has 0 unspecified atom stereocenters. The van der Waals surface area contributed by atoms with E-state index in [2.05, 4.69) is 45.7 Å². The fraction of sp³-hybridized carbons (Fsp3) is 0.167. The van der Waals surface area contributed by atoms with Crippen LogP contribution >= 0.6 is 23.2 Å². The van der Waals surface area contributed by atoms with Gasteiger partial charge < -0.3 is 20.1 Å². The van der Waals surface area contributed by atoms with Gasteiger partial charge in [0.2, 0.25) is 6.29 Å². The van der Waals surface area contributed by atoms with Gasteiger partial charge in [0.1, 0.15) is 5.69 Å². The molecule has 7 nitrogen and oxygen atoms in total. The van der Waals surface area contributed by atoms with Gasteiger partial charge in [-0.05, 0) is 111 Å². The zero-order valence-electron chi connectivity index (χ0n) is 29.0. The summed E-state index contributed by atoms with van der Waals surface area (Å²) in [6.45, 7) is 9.14. The molecule has 6 aromatic rings. The maximum absolute atomic E-state index is 10.6. The molecule has 9 heteroatoms. The Morgan fingerprint density at radius 2 is 1.06 bits per heavy atom. The number of halogens is 2. The molecule has 0 amide bonds. The molecule has 2 N–H and O–H groups in total. The molecular weight excluding hydrogens is 679 g/mol. The highest BCUT2D eigenvalue weighted by Crippen LogP contribution is 2.33. The van der Waals surface area contributed by atoms with Gasteiger partial charge in [0, 0.05) is 45.8 Å². The molecule has 2 heterocycles. The van der Waals surface area contributed by atoms with Gasteiger partial charge in [-0.3, -0.25) is 14.8 Å². The molecule has 0 aliphatic carbocycles. The number of aryl methyl sites for hydroxylation is 2. The minimum absolute atomic E-state index is 0.417. The maximum Gasteiger partial charge on any atom is 0.201 e. The Kier molecular flexibility index (Phi) is 13.3. The Bertz CT molecular complexity index is 1970. The van der Waals surface area contributed by atoms with Crippen LogP contribution in [-0.2, 0) is 9.47 Å². The third kappa shape index (κ3) is 10.0. The molecule has 6 rings (SSSR count). The van der Waals surface area contributed by atoms with Crippen LogP contribution < -0.4 is 10.6 Å². The van der Waals surface area contributed by atoms with Gasteiger partial charge in [-0.2, -0.15) is 0 Å². The lowest BCUT2D eigenvalue weighted by Gasteiger charge is -2.16. The number of ether oxygens (including phenoxy) is 2. The number of aldehydes is 1. The number of hydrogen-bond acceptors (Lipinski definition) is 7. The summed E-state index contributed by atoms with van der Waals surface area (Å²) in [5.74, 6) is 0. The minimum atomic E-state index is -0.429. The normalized spacial score (nSPS) is 10.7. The largest absolute Gasteiger partial charge is 0.354 e. The van der Waals surface area contributed by atoms with Crippen LogP contribution in [0.25, 0.3) is 22.3 Å². The Morgan fingerprint density at radius 3 is 1.43 bits per heavy atom. The fourth-order valence-electron chi connectivity index (χ4n) is 5.46. The van der Waals surface area contributed by atoms with Crippen molar-refractivity contribution in [1.82, 2.24) is 9.97 Å². The molecule has 0 spiro atoms. The van der Waals surface area contributed by atoms with Crippen molar-refractivity contribution >= 4 is 52.2 Å². The second kappa shape index (κ2) is 18.3. The van der Waals surface area contributed by atoms with Crippen LogP contribution in [0.2, 0.25) is 10.0 Å². The number of hydrogen-bond donors (Lipinski definition) is 2. The smallest absolute Gasteiger partial charge is 0.201 e. The number of carbonyl (C=O) groups is 1. The monoisotopic (exact) mass is 718 g/mol. The topological polar surface area (TPSA) is 85.4 Å². The van der Waals surface area contributed by atoms with Gasteiger partial charge in [0.15, 0.2) is 6.29 Å². The first-order valence-corrected chi connectivity index (χ1v) is 17.4. The summed E-state index contributed by atoms with van der Waals surface area (Å²) in [7, 11) is 0. The second-order valence-corrected chi connectivity index (χ2v) is 12.4. The quantitative estimate of drug-likeness (QED) is 0.0962. The molecule has 4 aromatic carbocycles. The van der Waals surface area contributed by atoms with E-state index in [1.165, 1.54) is 0 Å². The highest BCUT2D eigenvalue weighted by atomic mass is 35.5. The number of benzene rings is 4. The zero-order valence-corrected chi connectivity index (χ0v) is 30.5. The SMILES string of the molecule is CCOC(OCC)c1ccc(Nc2ccc(-c3c(C)cccc3Cl)cc2)cn1.Cc1cccc(Cl)c1-c1ccc(Nc2ccc(C=O)nc2)cc1. The Balaban J connectivity index is 0.000000201. The van der Waals surface area contributed by atoms with Crippen molar-refractivity contribution in [2.75, 3.05) is 23.8 Å². The van der Waals surface area contributed by atoms with Gasteiger partial charge in [0.25, 0.3) is 0 Å². The van der Waals surface area contributed by atoms with E-state index in [0.717, 1.165) is 78.2 Å². The van der Waals surface area contributed by atoms with Crippen molar-refractivity contribution in [3.05, 3.63) is 154 Å². The average molecular weight is 720 g/mol. The number of nitrogens with one attached hydrogen (secondary N) is 2. The summed E-state index contributed by atoms with van der Waals surface area (Å²) in [4.78, 5) is 19.1. The predicted octanol–water partition coefficient (Wildman–Crippen LogP) is 11.8. The van der Waals surface area contributed by atoms with E-state index < -0.39 is 6.29 Å². The van der Waals surface area contributed by atoms with E-state index in [1.54, 1.807) is 18.5 Å². The third-order valence-electron chi connectivity index (χ3n) is 7.94. The molecule has 0 radical (unpaired) electrons. The average Bonchev–Trinajstić information content (AvgIpc) is 3.14. The summed E-state index contributed by atoms with van der Waals surface area (Å²) in [6.07, 6.45) is 3.72. The summed E-state index contributed by atoms with van der Waals surface area (Å²) < 4.78 is 11.2. The summed E-state index contributed by atoms with van der Waals surface area (Å²) in [5, 5.41) is 8.13. The molecule has 0 atom stereocenters. The van der Waals surface area contributed by atoms with E-state index in [1.807, 2.05) is 106 Å². The molecule has 0 saturated carbocycles. The van der Waals surface area contributed by atoms with E-state index in [4.69, 9.17) is 32.7 Å². The van der Waals surface area contributed by atoms with E-state index in [-0.39, 0.29) is 0 Å². The van der Waals surface area contributed by atoms with Crippen LogP contribution in [0.5, 0.6) is 0 Å². The minimum Gasteiger partial charge on any atom is -0.354 e. The van der Waals surface area contributed by atoms with Crippen molar-refractivity contribution in [3.63, 3.8) is 0 Å². The zero-order chi connectivity index (χ0) is 36.2. The molecule has 0 aliphatic rings. The molecule has 0 fully saturated rings. The Morgan fingerprint density at radius 1 is 0.608 bits per heavy atom. The van der Waals surface area contributed by atoms with Crippen LogP contribution in [0.3, 0.4) is 0 Å². The lowest BCUT2D eigenvalue weighted by Crippen LogP contribution is -2.10. The van der Waals surface area contributed by atoms with Gasteiger partial charge in [0.05, 0.1) is 29.5 Å². The van der Waals surface area contributed by atoms with Crippen LogP contribution in [0.15, 0.2) is 122 Å². The Hall–Kier alpha value is -5.05. The van der Waals surface area contributed by atoms with Crippen molar-refractivity contribution in [3.8, 4) is 22.3 Å². The number of nitrogens with zero attached hydrogens (tertiary/aromatic N) is 2. The van der Waals surface area contributed by atoms with Crippen LogP contribution in [0, 0.1) is 13.8 Å². The number of anilines is 4. The van der Waals surface area contributed by atoms with Gasteiger partial charge >= 0.3 is 0 Å². The van der Waals surface area contributed by atoms with Crippen LogP contribution in [-0.4, -0.2) is 29.5 Å². The third-order valence-corrected chi connectivity index (χ3v) is 8.57. The molecule has 260 valence electrons. The van der Waals surface area contributed by atoms with E-state index in [9.17, 15) is 4.79 Å². The van der Waals surface area contributed by atoms with Gasteiger partial charge in [-0.25, -0.2) is 0 Å². The Labute approximate surface area is 309 Å². The summed E-state index contributed by atoms with van der Waals surface area (Å²) in [5.41, 5.74) is 11.4. The fourth-order valence-corrected chi connectivity index (χ4v) is 6.12. The van der Waals surface area contributed by atoms with Crippen molar-refractivity contribution in [2.45, 2.75) is 34.0 Å². The molecule has 0 aliphatic heterocycles. The lowest BCUT2D eigenvalue weighted by molar-refractivity contribution is -0.142. The first kappa shape index (κ1) is 37.2.